The average molecular weight is 548 g/mol. The zero-order valence-electron chi connectivity index (χ0n) is 11.5. The summed E-state index contributed by atoms with van der Waals surface area (Å²) in [7, 11) is -5.51. The molecule has 0 spiro atoms. The van der Waals surface area contributed by atoms with E-state index in [1.807, 2.05) is 0 Å². The van der Waals surface area contributed by atoms with Crippen LogP contribution >= 0.6 is 31.9 Å². The highest BCUT2D eigenvalue weighted by Gasteiger charge is 2.59. The molecule has 0 saturated carbocycles. The van der Waals surface area contributed by atoms with E-state index < -0.39 is 48.4 Å². The van der Waals surface area contributed by atoms with Gasteiger partial charge in [-0.25, -0.2) is 0 Å². The summed E-state index contributed by atoms with van der Waals surface area (Å²) in [5, 5.41) is 0. The van der Waals surface area contributed by atoms with Crippen LogP contribution in [0.15, 0.2) is 23.1 Å². The van der Waals surface area contributed by atoms with Crippen molar-refractivity contribution in [2.45, 2.75) is 26.8 Å². The van der Waals surface area contributed by atoms with E-state index in [1.165, 1.54) is 31.9 Å². The molecular weight excluding hydrogens is 544 g/mol. The molecule has 0 aromatic heterocycles. The molecular formula is C10H4Br2F8O5S. The molecule has 0 aliphatic rings. The van der Waals surface area contributed by atoms with Gasteiger partial charge in [0.15, 0.2) is 0 Å². The first kappa shape index (κ1) is 23.2. The molecule has 16 heteroatoms. The van der Waals surface area contributed by atoms with Crippen molar-refractivity contribution in [3.05, 3.63) is 18.2 Å². The lowest BCUT2D eigenvalue weighted by molar-refractivity contribution is -0.268. The third-order valence-corrected chi connectivity index (χ3v) is 4.14. The molecule has 0 radical (unpaired) electrons. The molecule has 1 aromatic rings. The summed E-state index contributed by atoms with van der Waals surface area (Å²) in [6.07, 6.45) is -10.6. The van der Waals surface area contributed by atoms with Gasteiger partial charge in [-0.2, -0.15) is 43.5 Å². The lowest BCUT2D eigenvalue weighted by Crippen LogP contribution is -2.41. The summed E-state index contributed by atoms with van der Waals surface area (Å²) >= 11 is 2.58. The van der Waals surface area contributed by atoms with E-state index in [-0.39, 0.29) is 18.2 Å². The third-order valence-electron chi connectivity index (χ3n) is 2.34. The van der Waals surface area contributed by atoms with Gasteiger partial charge in [-0.05, 0) is 12.1 Å². The Morgan fingerprint density at radius 3 is 1.65 bits per heavy atom. The average Bonchev–Trinajstić information content (AvgIpc) is 2.35. The first-order valence-corrected chi connectivity index (χ1v) is 8.69. The predicted molar refractivity (Wildman–Crippen MR) is 75.2 cm³/mol. The zero-order valence-corrected chi connectivity index (χ0v) is 15.5. The number of alkyl halides is 10. The van der Waals surface area contributed by atoms with E-state index in [4.69, 9.17) is 4.55 Å². The highest BCUT2D eigenvalue weighted by atomic mass is 79.9. The van der Waals surface area contributed by atoms with Crippen LogP contribution in [-0.2, 0) is 10.1 Å². The molecule has 1 rings (SSSR count). The summed E-state index contributed by atoms with van der Waals surface area (Å²) in [6.45, 7) is 0. The minimum atomic E-state index is -5.51. The molecule has 1 N–H and O–H groups in total. The fourth-order valence-corrected chi connectivity index (χ4v) is 2.03. The Morgan fingerprint density at radius 2 is 1.27 bits per heavy atom. The maximum Gasteiger partial charge on any atom is 0.475 e. The van der Waals surface area contributed by atoms with Gasteiger partial charge in [-0.1, -0.05) is 0 Å². The summed E-state index contributed by atoms with van der Waals surface area (Å²) in [5.74, 6) is -2.94. The minimum Gasteiger partial charge on any atom is -0.427 e. The molecule has 0 aliphatic carbocycles. The van der Waals surface area contributed by atoms with Crippen molar-refractivity contribution in [1.29, 1.82) is 0 Å². The van der Waals surface area contributed by atoms with E-state index in [0.717, 1.165) is 0 Å². The van der Waals surface area contributed by atoms with Crippen LogP contribution in [0.5, 0.6) is 11.5 Å². The molecule has 5 nitrogen and oxygen atoms in total. The summed E-state index contributed by atoms with van der Waals surface area (Å²) in [6, 6.07) is 0.229. The molecule has 0 unspecified atom stereocenters. The largest absolute Gasteiger partial charge is 0.475 e. The van der Waals surface area contributed by atoms with Crippen LogP contribution in [0.3, 0.4) is 0 Å². The van der Waals surface area contributed by atoms with Crippen molar-refractivity contribution in [3.8, 4) is 11.5 Å². The maximum absolute atomic E-state index is 13.2. The first-order chi connectivity index (χ1) is 11.3. The van der Waals surface area contributed by atoms with Gasteiger partial charge in [0.25, 0.3) is 10.1 Å². The Hall–Kier alpha value is -0.870. The zero-order chi connectivity index (χ0) is 20.8. The van der Waals surface area contributed by atoms with Gasteiger partial charge in [0.05, 0.1) is 0 Å². The fraction of sp³-hybridized carbons (Fsp3) is 0.400. The molecule has 26 heavy (non-hydrogen) atoms. The normalized spacial score (nSPS) is 14.3. The lowest BCUT2D eigenvalue weighted by Gasteiger charge is -2.24. The standard InChI is InChI=1S/C10H4Br2F8O5S/c11-7(13,14)9(17,18)24-4-1-2-5(6(3-4)26(21,22)23)25-10(19,20)8(12,15)16/h1-3H,(H,21,22,23). The van der Waals surface area contributed by atoms with Crippen molar-refractivity contribution in [2.75, 3.05) is 0 Å². The number of benzene rings is 1. The highest BCUT2D eigenvalue weighted by molar-refractivity contribution is 9.10. The van der Waals surface area contributed by atoms with Crippen molar-refractivity contribution < 1.29 is 57.6 Å². The molecule has 0 bridgehead atoms. The SMILES string of the molecule is O=S(=O)(O)c1cc(OC(F)(F)C(F)(F)Br)ccc1OC(F)(F)C(F)(F)Br. The van der Waals surface area contributed by atoms with Gasteiger partial charge >= 0.3 is 21.9 Å². The molecule has 0 heterocycles. The second-order valence-electron chi connectivity index (χ2n) is 4.32. The number of hydrogen-bond acceptors (Lipinski definition) is 4. The van der Waals surface area contributed by atoms with E-state index in [9.17, 15) is 43.5 Å². The van der Waals surface area contributed by atoms with E-state index in [2.05, 4.69) is 9.47 Å². The van der Waals surface area contributed by atoms with Crippen molar-refractivity contribution in [2.24, 2.45) is 0 Å². The number of hydrogen-bond donors (Lipinski definition) is 1. The molecule has 0 atom stereocenters. The Morgan fingerprint density at radius 1 is 0.846 bits per heavy atom. The Kier molecular flexibility index (Phi) is 6.18. The fourth-order valence-electron chi connectivity index (χ4n) is 1.24. The molecule has 0 aliphatic heterocycles. The van der Waals surface area contributed by atoms with Gasteiger partial charge < -0.3 is 9.47 Å². The van der Waals surface area contributed by atoms with Crippen LogP contribution in [-0.4, -0.2) is 34.9 Å². The van der Waals surface area contributed by atoms with Gasteiger partial charge in [-0.15, -0.1) is 0 Å². The van der Waals surface area contributed by atoms with Crippen molar-refractivity contribution in [3.63, 3.8) is 0 Å². The second-order valence-corrected chi connectivity index (χ2v) is 7.70. The predicted octanol–water partition coefficient (Wildman–Crippen LogP) is 4.85. The van der Waals surface area contributed by atoms with Gasteiger partial charge in [0, 0.05) is 37.9 Å². The topological polar surface area (TPSA) is 72.8 Å². The number of halogens is 10. The maximum atomic E-state index is 13.2. The van der Waals surface area contributed by atoms with Gasteiger partial charge in [0.2, 0.25) is 0 Å². The van der Waals surface area contributed by atoms with Crippen LogP contribution in [0.25, 0.3) is 0 Å². The Labute approximate surface area is 156 Å². The van der Waals surface area contributed by atoms with E-state index in [0.29, 0.717) is 0 Å². The summed E-state index contributed by atoms with van der Waals surface area (Å²) < 4.78 is 141. The molecule has 150 valence electrons. The summed E-state index contributed by atoms with van der Waals surface area (Å²) in [5.41, 5.74) is 0. The number of rotatable bonds is 7. The second kappa shape index (κ2) is 6.94. The smallest absolute Gasteiger partial charge is 0.427 e. The Bertz CT molecular complexity index is 775. The quantitative estimate of drug-likeness (QED) is 0.300. The monoisotopic (exact) mass is 546 g/mol. The van der Waals surface area contributed by atoms with Gasteiger partial charge in [-0.3, -0.25) is 4.55 Å². The first-order valence-electron chi connectivity index (χ1n) is 5.66. The van der Waals surface area contributed by atoms with Crippen LogP contribution in [0.2, 0.25) is 0 Å². The summed E-state index contributed by atoms with van der Waals surface area (Å²) in [4.78, 5) is -11.6. The molecule has 0 saturated heterocycles. The van der Waals surface area contributed by atoms with E-state index in [1.54, 1.807) is 0 Å². The number of ether oxygens (including phenoxy) is 2. The Balaban J connectivity index is 3.38. The van der Waals surface area contributed by atoms with Crippen molar-refractivity contribution in [1.82, 2.24) is 0 Å². The van der Waals surface area contributed by atoms with Crippen LogP contribution < -0.4 is 9.47 Å². The minimum absolute atomic E-state index is 0.105. The van der Waals surface area contributed by atoms with Crippen LogP contribution in [0, 0.1) is 0 Å². The molecule has 0 amide bonds. The van der Waals surface area contributed by atoms with Crippen LogP contribution in [0.4, 0.5) is 35.1 Å². The molecule has 0 fully saturated rings. The van der Waals surface area contributed by atoms with Crippen molar-refractivity contribution >= 4 is 42.0 Å². The highest BCUT2D eigenvalue weighted by Crippen LogP contribution is 2.44. The third kappa shape index (κ3) is 5.32. The molecule has 1 aromatic carbocycles. The van der Waals surface area contributed by atoms with E-state index >= 15 is 0 Å². The van der Waals surface area contributed by atoms with Crippen LogP contribution in [0.1, 0.15) is 0 Å². The lowest BCUT2D eigenvalue weighted by atomic mass is 10.3. The van der Waals surface area contributed by atoms with Gasteiger partial charge in [0.1, 0.15) is 16.4 Å².